The van der Waals surface area contributed by atoms with Gasteiger partial charge in [-0.15, -0.1) is 0 Å². The van der Waals surface area contributed by atoms with Crippen LogP contribution in [0.25, 0.3) is 0 Å². The van der Waals surface area contributed by atoms with Crippen molar-refractivity contribution in [2.24, 2.45) is 10.7 Å². The predicted molar refractivity (Wildman–Crippen MR) is 86.3 cm³/mol. The minimum absolute atomic E-state index is 0.302. The van der Waals surface area contributed by atoms with Gasteiger partial charge in [-0.05, 0) is 50.8 Å². The third-order valence-corrected chi connectivity index (χ3v) is 2.89. The first-order valence-electron chi connectivity index (χ1n) is 7.39. The van der Waals surface area contributed by atoms with Crippen LogP contribution in [0.1, 0.15) is 39.2 Å². The fourth-order valence-electron chi connectivity index (χ4n) is 1.79. The number of aryl methyl sites for hydroxylation is 1. The summed E-state index contributed by atoms with van der Waals surface area (Å²) < 4.78 is 5.47. The van der Waals surface area contributed by atoms with Crippen LogP contribution in [-0.4, -0.2) is 25.2 Å². The summed E-state index contributed by atoms with van der Waals surface area (Å²) in [7, 11) is 0. The minimum Gasteiger partial charge on any atom is -0.379 e. The zero-order chi connectivity index (χ0) is 14.8. The van der Waals surface area contributed by atoms with E-state index < -0.39 is 0 Å². The maximum Gasteiger partial charge on any atom is 0.193 e. The molecule has 3 N–H and O–H groups in total. The molecule has 4 heteroatoms. The van der Waals surface area contributed by atoms with Gasteiger partial charge >= 0.3 is 0 Å². The van der Waals surface area contributed by atoms with Crippen molar-refractivity contribution in [2.75, 3.05) is 18.5 Å². The lowest BCUT2D eigenvalue weighted by Gasteiger charge is -2.08. The van der Waals surface area contributed by atoms with Crippen molar-refractivity contribution < 1.29 is 4.74 Å². The molecule has 0 unspecified atom stereocenters. The van der Waals surface area contributed by atoms with Crippen molar-refractivity contribution in [3.05, 3.63) is 29.8 Å². The molecule has 1 rings (SSSR count). The van der Waals surface area contributed by atoms with E-state index in [-0.39, 0.29) is 0 Å². The number of hydrogen-bond acceptors (Lipinski definition) is 2. The van der Waals surface area contributed by atoms with E-state index in [1.54, 1.807) is 0 Å². The molecule has 0 bridgehead atoms. The Morgan fingerprint density at radius 2 is 2.15 bits per heavy atom. The first kappa shape index (κ1) is 16.5. The number of rotatable bonds is 8. The molecule has 0 aliphatic heterocycles. The van der Waals surface area contributed by atoms with E-state index in [0.29, 0.717) is 12.1 Å². The van der Waals surface area contributed by atoms with Crippen LogP contribution in [0.5, 0.6) is 0 Å². The summed E-state index contributed by atoms with van der Waals surface area (Å²) in [5.41, 5.74) is 8.15. The highest BCUT2D eigenvalue weighted by Crippen LogP contribution is 2.10. The van der Waals surface area contributed by atoms with Crippen molar-refractivity contribution in [1.29, 1.82) is 0 Å². The minimum atomic E-state index is 0.302. The van der Waals surface area contributed by atoms with E-state index in [1.807, 2.05) is 26.0 Å². The van der Waals surface area contributed by atoms with Crippen LogP contribution < -0.4 is 11.1 Å². The monoisotopic (exact) mass is 277 g/mol. The number of aliphatic imine (C=N–C) groups is 1. The van der Waals surface area contributed by atoms with E-state index in [9.17, 15) is 0 Å². The molecule has 0 spiro atoms. The highest BCUT2D eigenvalue weighted by molar-refractivity contribution is 5.92. The number of benzene rings is 1. The van der Waals surface area contributed by atoms with Crippen molar-refractivity contribution in [2.45, 2.75) is 46.1 Å². The van der Waals surface area contributed by atoms with E-state index in [1.165, 1.54) is 5.56 Å². The highest BCUT2D eigenvalue weighted by atomic mass is 16.5. The Hall–Kier alpha value is -1.55. The fraction of sp³-hybridized carbons (Fsp3) is 0.562. The summed E-state index contributed by atoms with van der Waals surface area (Å²) in [5, 5.41) is 3.12. The molecule has 0 fully saturated rings. The summed E-state index contributed by atoms with van der Waals surface area (Å²) in [6, 6.07) is 8.22. The quantitative estimate of drug-likeness (QED) is 0.436. The average Bonchev–Trinajstić information content (AvgIpc) is 2.42. The number of nitrogens with zero attached hydrogens (tertiary/aromatic N) is 1. The number of nitrogens with two attached hydrogens (primary N) is 1. The number of anilines is 1. The van der Waals surface area contributed by atoms with Gasteiger partial charge in [0.1, 0.15) is 0 Å². The Balaban J connectivity index is 2.27. The Bertz CT molecular complexity index is 416. The highest BCUT2D eigenvalue weighted by Gasteiger charge is 1.97. The van der Waals surface area contributed by atoms with Gasteiger partial charge in [-0.3, -0.25) is 4.99 Å². The zero-order valence-corrected chi connectivity index (χ0v) is 12.9. The zero-order valence-electron chi connectivity index (χ0n) is 12.9. The molecule has 1 aromatic carbocycles. The third kappa shape index (κ3) is 7.14. The van der Waals surface area contributed by atoms with Gasteiger partial charge in [-0.1, -0.05) is 19.1 Å². The Morgan fingerprint density at radius 1 is 1.35 bits per heavy atom. The summed E-state index contributed by atoms with van der Waals surface area (Å²) in [4.78, 5) is 4.32. The van der Waals surface area contributed by atoms with Gasteiger partial charge in [0.2, 0.25) is 0 Å². The molecule has 0 saturated carbocycles. The molecule has 0 amide bonds. The molecule has 0 atom stereocenters. The lowest BCUT2D eigenvalue weighted by molar-refractivity contribution is 0.0764. The lowest BCUT2D eigenvalue weighted by Crippen LogP contribution is -2.23. The largest absolute Gasteiger partial charge is 0.379 e. The van der Waals surface area contributed by atoms with Crippen LogP contribution in [0.15, 0.2) is 29.3 Å². The topological polar surface area (TPSA) is 59.6 Å². The fourth-order valence-corrected chi connectivity index (χ4v) is 1.79. The third-order valence-electron chi connectivity index (χ3n) is 2.89. The first-order chi connectivity index (χ1) is 9.61. The first-order valence-corrected chi connectivity index (χ1v) is 7.39. The summed E-state index contributed by atoms with van der Waals surface area (Å²) >= 11 is 0. The van der Waals surface area contributed by atoms with Gasteiger partial charge < -0.3 is 15.8 Å². The normalized spacial score (nSPS) is 11.9. The smallest absolute Gasteiger partial charge is 0.193 e. The van der Waals surface area contributed by atoms with Crippen LogP contribution >= 0.6 is 0 Å². The molecule has 0 aromatic heterocycles. The number of guanidine groups is 1. The molecule has 112 valence electrons. The molecule has 0 radical (unpaired) electrons. The van der Waals surface area contributed by atoms with Gasteiger partial charge in [0, 0.05) is 18.8 Å². The molecule has 0 heterocycles. The van der Waals surface area contributed by atoms with Gasteiger partial charge in [0.05, 0.1) is 6.10 Å². The summed E-state index contributed by atoms with van der Waals surface area (Å²) in [5.74, 6) is 0.475. The predicted octanol–water partition coefficient (Wildman–Crippen LogP) is 3.18. The Kier molecular flexibility index (Phi) is 7.73. The van der Waals surface area contributed by atoms with Crippen molar-refractivity contribution in [1.82, 2.24) is 0 Å². The summed E-state index contributed by atoms with van der Waals surface area (Å²) in [6.45, 7) is 7.75. The van der Waals surface area contributed by atoms with Crippen LogP contribution in [0, 0.1) is 0 Å². The molecule has 1 aromatic rings. The van der Waals surface area contributed by atoms with Crippen LogP contribution in [-0.2, 0) is 11.2 Å². The molecular weight excluding hydrogens is 250 g/mol. The Labute approximate surface area is 122 Å². The van der Waals surface area contributed by atoms with E-state index in [0.717, 1.165) is 38.1 Å². The van der Waals surface area contributed by atoms with Gasteiger partial charge in [0.25, 0.3) is 0 Å². The van der Waals surface area contributed by atoms with E-state index in [2.05, 4.69) is 29.4 Å². The second kappa shape index (κ2) is 9.37. The number of nitrogens with one attached hydrogen (secondary N) is 1. The number of hydrogen-bond donors (Lipinski definition) is 2. The van der Waals surface area contributed by atoms with Crippen molar-refractivity contribution >= 4 is 11.6 Å². The second-order valence-electron chi connectivity index (χ2n) is 5.07. The maximum atomic E-state index is 5.87. The molecular formula is C16H27N3O. The SMILES string of the molecule is CCc1cccc(NC(N)=NCCCCOC(C)C)c1. The summed E-state index contributed by atoms with van der Waals surface area (Å²) in [6.07, 6.45) is 3.32. The second-order valence-corrected chi connectivity index (χ2v) is 5.07. The maximum absolute atomic E-state index is 5.87. The van der Waals surface area contributed by atoms with Crippen LogP contribution in [0.4, 0.5) is 5.69 Å². The van der Waals surface area contributed by atoms with Crippen LogP contribution in [0.3, 0.4) is 0 Å². The molecule has 0 saturated heterocycles. The molecule has 20 heavy (non-hydrogen) atoms. The van der Waals surface area contributed by atoms with E-state index in [4.69, 9.17) is 10.5 Å². The Morgan fingerprint density at radius 3 is 2.85 bits per heavy atom. The van der Waals surface area contributed by atoms with Crippen LogP contribution in [0.2, 0.25) is 0 Å². The number of unbranched alkanes of at least 4 members (excludes halogenated alkanes) is 1. The molecule has 0 aliphatic rings. The standard InChI is InChI=1S/C16H27N3O/c1-4-14-8-7-9-15(12-14)19-16(17)18-10-5-6-11-20-13(2)3/h7-9,12-13H,4-6,10-11H2,1-3H3,(H3,17,18,19). The lowest BCUT2D eigenvalue weighted by atomic mass is 10.1. The van der Waals surface area contributed by atoms with Gasteiger partial charge in [-0.25, -0.2) is 0 Å². The van der Waals surface area contributed by atoms with Gasteiger partial charge in [-0.2, -0.15) is 0 Å². The van der Waals surface area contributed by atoms with Crippen molar-refractivity contribution in [3.8, 4) is 0 Å². The molecule has 0 aliphatic carbocycles. The number of ether oxygens (including phenoxy) is 1. The average molecular weight is 277 g/mol. The van der Waals surface area contributed by atoms with E-state index >= 15 is 0 Å². The molecule has 4 nitrogen and oxygen atoms in total. The van der Waals surface area contributed by atoms with Gasteiger partial charge in [0.15, 0.2) is 5.96 Å². The van der Waals surface area contributed by atoms with Crippen molar-refractivity contribution in [3.63, 3.8) is 0 Å².